The van der Waals surface area contributed by atoms with Gasteiger partial charge in [0, 0.05) is 12.2 Å². The fourth-order valence-electron chi connectivity index (χ4n) is 2.77. The lowest BCUT2D eigenvalue weighted by molar-refractivity contribution is 0.414. The third-order valence-corrected chi connectivity index (χ3v) is 4.37. The van der Waals surface area contributed by atoms with E-state index >= 15 is 0 Å². The smallest absolute Gasteiger partial charge is 0.233 e. The lowest BCUT2D eigenvalue weighted by atomic mass is 10.2. The minimum atomic E-state index is 0.184. The lowest BCUT2D eigenvalue weighted by Crippen LogP contribution is -2.11. The number of nitrogens with one attached hydrogen (secondary N) is 3. The van der Waals surface area contributed by atoms with E-state index in [1.165, 1.54) is 0 Å². The van der Waals surface area contributed by atoms with E-state index in [-0.39, 0.29) is 5.75 Å². The zero-order valence-electron chi connectivity index (χ0n) is 16.9. The molecule has 0 radical (unpaired) electrons. The largest absolute Gasteiger partial charge is 0.508 e. The van der Waals surface area contributed by atoms with Gasteiger partial charge in [-0.1, -0.05) is 12.1 Å². The van der Waals surface area contributed by atoms with E-state index in [1.54, 1.807) is 37.6 Å². The number of benzene rings is 2. The molecule has 0 saturated carbocycles. The molecule has 0 atom stereocenters. The number of anilines is 4. The van der Waals surface area contributed by atoms with Gasteiger partial charge in [-0.15, -0.1) is 0 Å². The van der Waals surface area contributed by atoms with Crippen LogP contribution in [0.4, 0.5) is 23.5 Å². The van der Waals surface area contributed by atoms with Crippen LogP contribution in [0.1, 0.15) is 11.3 Å². The van der Waals surface area contributed by atoms with Crippen molar-refractivity contribution in [3.05, 3.63) is 78.3 Å². The highest BCUT2D eigenvalue weighted by atomic mass is 16.5. The summed E-state index contributed by atoms with van der Waals surface area (Å²) in [7, 11) is 1.64. The number of aromatic hydroxyl groups is 1. The van der Waals surface area contributed by atoms with Gasteiger partial charge in [-0.25, -0.2) is 0 Å². The van der Waals surface area contributed by atoms with Crippen LogP contribution in [0.25, 0.3) is 0 Å². The molecule has 0 saturated heterocycles. The molecule has 31 heavy (non-hydrogen) atoms. The van der Waals surface area contributed by atoms with Crippen molar-refractivity contribution in [2.75, 3.05) is 23.1 Å². The maximum Gasteiger partial charge on any atom is 0.233 e. The molecule has 0 bridgehead atoms. The first-order valence-electron chi connectivity index (χ1n) is 9.63. The van der Waals surface area contributed by atoms with Gasteiger partial charge in [0.2, 0.25) is 17.8 Å². The van der Waals surface area contributed by atoms with Crippen molar-refractivity contribution >= 4 is 23.5 Å². The molecule has 0 aliphatic carbocycles. The van der Waals surface area contributed by atoms with E-state index in [4.69, 9.17) is 9.15 Å². The van der Waals surface area contributed by atoms with Crippen molar-refractivity contribution in [1.29, 1.82) is 0 Å². The summed E-state index contributed by atoms with van der Waals surface area (Å²) in [6, 6.07) is 18.1. The molecule has 2 aromatic carbocycles. The van der Waals surface area contributed by atoms with Gasteiger partial charge in [-0.3, -0.25) is 0 Å². The molecular weight excluding hydrogens is 396 g/mol. The Morgan fingerprint density at radius 1 is 0.839 bits per heavy atom. The van der Waals surface area contributed by atoms with Crippen molar-refractivity contribution in [3.8, 4) is 11.5 Å². The summed E-state index contributed by atoms with van der Waals surface area (Å²) < 4.78 is 10.5. The van der Waals surface area contributed by atoms with Crippen molar-refractivity contribution in [3.63, 3.8) is 0 Å². The van der Waals surface area contributed by atoms with Crippen molar-refractivity contribution in [2.45, 2.75) is 13.1 Å². The average Bonchev–Trinajstić information content (AvgIpc) is 3.32. The molecule has 4 aromatic rings. The number of nitrogens with zero attached hydrogens (tertiary/aromatic N) is 3. The molecule has 0 unspecified atom stereocenters. The van der Waals surface area contributed by atoms with Gasteiger partial charge in [0.05, 0.1) is 19.9 Å². The summed E-state index contributed by atoms with van der Waals surface area (Å²) in [5, 5.41) is 19.0. The topological polar surface area (TPSA) is 117 Å². The molecule has 0 spiro atoms. The quantitative estimate of drug-likeness (QED) is 0.297. The molecule has 0 fully saturated rings. The Bertz CT molecular complexity index is 1100. The molecular formula is C22H22N6O3. The summed E-state index contributed by atoms with van der Waals surface area (Å²) in [6.45, 7) is 0.970. The van der Waals surface area contributed by atoms with E-state index in [0.717, 1.165) is 22.8 Å². The summed E-state index contributed by atoms with van der Waals surface area (Å²) >= 11 is 0. The third kappa shape index (κ3) is 5.63. The zero-order chi connectivity index (χ0) is 21.5. The Morgan fingerprint density at radius 2 is 1.52 bits per heavy atom. The monoisotopic (exact) mass is 418 g/mol. The molecule has 0 aliphatic heterocycles. The number of ether oxygens (including phenoxy) is 1. The molecule has 2 heterocycles. The zero-order valence-corrected chi connectivity index (χ0v) is 16.9. The molecule has 2 aromatic heterocycles. The first-order valence-corrected chi connectivity index (χ1v) is 9.63. The Hall–Kier alpha value is -4.27. The average molecular weight is 418 g/mol. The first kappa shape index (κ1) is 20.0. The normalized spacial score (nSPS) is 10.5. The number of phenols is 1. The number of rotatable bonds is 9. The van der Waals surface area contributed by atoms with Gasteiger partial charge in [0.25, 0.3) is 0 Å². The van der Waals surface area contributed by atoms with Crippen LogP contribution < -0.4 is 20.7 Å². The standard InChI is InChI=1S/C22H22N6O3/c1-30-18-10-4-15(5-11-18)13-23-20-26-21(24-14-19-3-2-12-31-19)28-22(27-20)25-16-6-8-17(29)9-7-16/h2-12,29H,13-14H2,1H3,(H3,23,24,25,26,27,28). The summed E-state index contributed by atoms with van der Waals surface area (Å²) in [5.74, 6) is 2.91. The second kappa shape index (κ2) is 9.49. The van der Waals surface area contributed by atoms with Gasteiger partial charge >= 0.3 is 0 Å². The lowest BCUT2D eigenvalue weighted by Gasteiger charge is -2.11. The third-order valence-electron chi connectivity index (χ3n) is 4.37. The first-order chi connectivity index (χ1) is 15.2. The highest BCUT2D eigenvalue weighted by Crippen LogP contribution is 2.19. The van der Waals surface area contributed by atoms with Gasteiger partial charge in [-0.2, -0.15) is 15.0 Å². The van der Waals surface area contributed by atoms with Crippen LogP contribution in [0.2, 0.25) is 0 Å². The Morgan fingerprint density at radius 3 is 2.16 bits per heavy atom. The number of methoxy groups -OCH3 is 1. The number of phenolic OH excluding ortho intramolecular Hbond substituents is 1. The van der Waals surface area contributed by atoms with E-state index < -0.39 is 0 Å². The van der Waals surface area contributed by atoms with Crippen LogP contribution in [-0.2, 0) is 13.1 Å². The highest BCUT2D eigenvalue weighted by Gasteiger charge is 2.08. The van der Waals surface area contributed by atoms with Crippen LogP contribution in [-0.4, -0.2) is 27.2 Å². The Labute approximate surface area is 179 Å². The minimum Gasteiger partial charge on any atom is -0.508 e. The molecule has 4 N–H and O–H groups in total. The van der Waals surface area contributed by atoms with Crippen LogP contribution in [0.15, 0.2) is 71.3 Å². The summed E-state index contributed by atoms with van der Waals surface area (Å²) in [4.78, 5) is 13.3. The van der Waals surface area contributed by atoms with Crippen LogP contribution >= 0.6 is 0 Å². The Balaban J connectivity index is 1.51. The molecule has 9 nitrogen and oxygen atoms in total. The fourth-order valence-corrected chi connectivity index (χ4v) is 2.77. The van der Waals surface area contributed by atoms with Crippen LogP contribution in [0.5, 0.6) is 11.5 Å². The number of hydrogen-bond donors (Lipinski definition) is 4. The van der Waals surface area contributed by atoms with Gasteiger partial charge < -0.3 is 30.2 Å². The summed E-state index contributed by atoms with van der Waals surface area (Å²) in [6.07, 6.45) is 1.62. The van der Waals surface area contributed by atoms with Crippen LogP contribution in [0.3, 0.4) is 0 Å². The van der Waals surface area contributed by atoms with E-state index in [1.807, 2.05) is 36.4 Å². The predicted molar refractivity (Wildman–Crippen MR) is 118 cm³/mol. The molecule has 0 amide bonds. The van der Waals surface area contributed by atoms with E-state index in [2.05, 4.69) is 30.9 Å². The minimum absolute atomic E-state index is 0.184. The fraction of sp³-hybridized carbons (Fsp3) is 0.136. The second-order valence-electron chi connectivity index (χ2n) is 6.61. The number of hydrogen-bond acceptors (Lipinski definition) is 9. The summed E-state index contributed by atoms with van der Waals surface area (Å²) in [5.41, 5.74) is 1.79. The van der Waals surface area contributed by atoms with Gasteiger partial charge in [0.15, 0.2) is 0 Å². The predicted octanol–water partition coefficient (Wildman–Crippen LogP) is 4.15. The maximum atomic E-state index is 9.48. The van der Waals surface area contributed by atoms with Crippen molar-refractivity contribution in [2.24, 2.45) is 0 Å². The maximum absolute atomic E-state index is 9.48. The van der Waals surface area contributed by atoms with Crippen LogP contribution in [0, 0.1) is 0 Å². The number of furan rings is 1. The van der Waals surface area contributed by atoms with E-state index in [9.17, 15) is 5.11 Å². The second-order valence-corrected chi connectivity index (χ2v) is 6.61. The van der Waals surface area contributed by atoms with Crippen molar-refractivity contribution < 1.29 is 14.3 Å². The molecule has 158 valence electrons. The van der Waals surface area contributed by atoms with Gasteiger partial charge in [0.1, 0.15) is 17.3 Å². The van der Waals surface area contributed by atoms with Crippen molar-refractivity contribution in [1.82, 2.24) is 15.0 Å². The molecule has 4 rings (SSSR count). The van der Waals surface area contributed by atoms with E-state index in [0.29, 0.717) is 30.9 Å². The molecule has 0 aliphatic rings. The molecule has 9 heteroatoms. The highest BCUT2D eigenvalue weighted by molar-refractivity contribution is 5.56. The Kier molecular flexibility index (Phi) is 6.13. The SMILES string of the molecule is COc1ccc(CNc2nc(NCc3ccco3)nc(Nc3ccc(O)cc3)n2)cc1. The van der Waals surface area contributed by atoms with Gasteiger partial charge in [-0.05, 0) is 54.1 Å². The number of aromatic nitrogens is 3.